The minimum absolute atomic E-state index is 0.169. The molecule has 3 aliphatic rings. The molecule has 2 aliphatic carbocycles. The number of carbonyl (C=O) groups is 4. The van der Waals surface area contributed by atoms with Crippen LogP contribution in [0.15, 0.2) is 35.9 Å². The van der Waals surface area contributed by atoms with E-state index in [1.54, 1.807) is 6.08 Å². The summed E-state index contributed by atoms with van der Waals surface area (Å²) in [7, 11) is 0. The third-order valence-electron chi connectivity index (χ3n) is 4.41. The molecule has 1 atom stereocenters. The zero-order valence-electron chi connectivity index (χ0n) is 11.0. The number of ketones is 2. The highest BCUT2D eigenvalue weighted by molar-refractivity contribution is 6.34. The Bertz CT molecular complexity index is 1000. The summed E-state index contributed by atoms with van der Waals surface area (Å²) < 4.78 is 4.69. The van der Waals surface area contributed by atoms with Crippen LogP contribution in [0.2, 0.25) is 0 Å². The highest BCUT2D eigenvalue weighted by Crippen LogP contribution is 2.44. The third-order valence-corrected chi connectivity index (χ3v) is 4.41. The number of benzene rings is 2. The van der Waals surface area contributed by atoms with Crippen molar-refractivity contribution >= 4 is 34.3 Å². The number of fused-ring (bicyclic) bond motifs is 1. The van der Waals surface area contributed by atoms with E-state index in [1.807, 2.05) is 0 Å². The van der Waals surface area contributed by atoms with E-state index < -0.39 is 17.9 Å². The fourth-order valence-electron chi connectivity index (χ4n) is 3.31. The van der Waals surface area contributed by atoms with Crippen LogP contribution in [0.5, 0.6) is 0 Å². The van der Waals surface area contributed by atoms with Gasteiger partial charge in [-0.1, -0.05) is 6.08 Å². The Labute approximate surface area is 123 Å². The van der Waals surface area contributed by atoms with Crippen LogP contribution in [0, 0.1) is 5.92 Å². The van der Waals surface area contributed by atoms with Crippen molar-refractivity contribution in [3.05, 3.63) is 58.2 Å². The molecule has 0 bridgehead atoms. The van der Waals surface area contributed by atoms with Gasteiger partial charge < -0.3 is 4.74 Å². The normalized spacial score (nSPS) is 21.3. The number of cyclic esters (lactones) is 2. The van der Waals surface area contributed by atoms with Gasteiger partial charge >= 0.3 is 11.9 Å². The first kappa shape index (κ1) is 11.6. The maximum Gasteiger partial charge on any atom is 0.346 e. The summed E-state index contributed by atoms with van der Waals surface area (Å²) in [5, 5.41) is 0.739. The van der Waals surface area contributed by atoms with Gasteiger partial charge in [0.15, 0.2) is 11.6 Å². The maximum atomic E-state index is 12.5. The molecular weight excluding hydrogens is 284 g/mol. The summed E-state index contributed by atoms with van der Waals surface area (Å²) >= 11 is 0. The summed E-state index contributed by atoms with van der Waals surface area (Å²) in [4.78, 5) is 48.8. The molecule has 5 rings (SSSR count). The predicted octanol–water partition coefficient (Wildman–Crippen LogP) is 2.09. The number of ether oxygens (including phenoxy) is 1. The molecule has 0 aromatic heterocycles. The molecule has 2 aromatic rings. The second-order valence-corrected chi connectivity index (χ2v) is 5.54. The second-order valence-electron chi connectivity index (χ2n) is 5.54. The predicted molar refractivity (Wildman–Crippen MR) is 73.9 cm³/mol. The second kappa shape index (κ2) is 3.39. The number of rotatable bonds is 0. The maximum absolute atomic E-state index is 12.5. The average molecular weight is 290 g/mol. The van der Waals surface area contributed by atoms with Crippen LogP contribution in [0.25, 0.3) is 10.8 Å². The first-order valence-electron chi connectivity index (χ1n) is 6.75. The molecule has 0 saturated carbocycles. The molecule has 1 unspecified atom stereocenters. The molecular formula is C17H6O5. The molecule has 5 heteroatoms. The minimum atomic E-state index is -0.755. The Balaban J connectivity index is 2.03. The summed E-state index contributed by atoms with van der Waals surface area (Å²) in [6.07, 6.45) is 1.65. The van der Waals surface area contributed by atoms with Crippen LogP contribution in [0.3, 0.4) is 0 Å². The lowest BCUT2D eigenvalue weighted by molar-refractivity contribution is 0.0390. The van der Waals surface area contributed by atoms with E-state index >= 15 is 0 Å². The molecule has 1 heterocycles. The molecule has 22 heavy (non-hydrogen) atoms. The Kier molecular flexibility index (Phi) is 1.78. The van der Waals surface area contributed by atoms with Crippen LogP contribution in [-0.2, 0) is 4.74 Å². The van der Waals surface area contributed by atoms with E-state index in [0.717, 1.165) is 0 Å². The van der Waals surface area contributed by atoms with Crippen LogP contribution < -0.4 is 0 Å². The van der Waals surface area contributed by atoms with E-state index in [2.05, 4.69) is 0 Å². The van der Waals surface area contributed by atoms with Gasteiger partial charge in [0.1, 0.15) is 0 Å². The van der Waals surface area contributed by atoms with Gasteiger partial charge in [-0.25, -0.2) is 9.59 Å². The zero-order valence-corrected chi connectivity index (χ0v) is 11.0. The van der Waals surface area contributed by atoms with Gasteiger partial charge in [0.25, 0.3) is 0 Å². The van der Waals surface area contributed by atoms with Gasteiger partial charge in [0.2, 0.25) is 0 Å². The molecule has 0 amide bonds. The van der Waals surface area contributed by atoms with E-state index in [0.29, 0.717) is 27.5 Å². The topological polar surface area (TPSA) is 77.5 Å². The summed E-state index contributed by atoms with van der Waals surface area (Å²) in [5.41, 5.74) is 1.64. The fraction of sp³-hybridized carbons (Fsp3) is 0.0588. The lowest BCUT2D eigenvalue weighted by Gasteiger charge is -2.18. The molecule has 0 radical (unpaired) electrons. The Morgan fingerprint density at radius 2 is 1.27 bits per heavy atom. The number of hydrogen-bond donors (Lipinski definition) is 0. The zero-order chi connectivity index (χ0) is 15.2. The van der Waals surface area contributed by atoms with Crippen molar-refractivity contribution < 1.29 is 23.9 Å². The first-order chi connectivity index (χ1) is 10.6. The smallest absolute Gasteiger partial charge is 0.346 e. The molecule has 0 spiro atoms. The number of carbonyl (C=O) groups excluding carboxylic acids is 4. The first-order valence-corrected chi connectivity index (χ1v) is 6.75. The van der Waals surface area contributed by atoms with Crippen molar-refractivity contribution in [1.29, 1.82) is 0 Å². The number of Topliss-reactive ketones (excluding diaryl/α,β-unsaturated/α-hetero) is 2. The van der Waals surface area contributed by atoms with Crippen LogP contribution >= 0.6 is 0 Å². The number of allylic oxidation sites excluding steroid dienone is 2. The van der Waals surface area contributed by atoms with E-state index in [9.17, 15) is 19.2 Å². The van der Waals surface area contributed by atoms with Crippen molar-refractivity contribution in [3.63, 3.8) is 0 Å². The van der Waals surface area contributed by atoms with Gasteiger partial charge in [-0.05, 0) is 24.3 Å². The van der Waals surface area contributed by atoms with Gasteiger partial charge in [-0.15, -0.1) is 0 Å². The van der Waals surface area contributed by atoms with Crippen molar-refractivity contribution in [2.75, 3.05) is 0 Å². The van der Waals surface area contributed by atoms with Crippen molar-refractivity contribution in [3.8, 4) is 0 Å². The van der Waals surface area contributed by atoms with Gasteiger partial charge in [-0.2, -0.15) is 0 Å². The van der Waals surface area contributed by atoms with Gasteiger partial charge in [-0.3, -0.25) is 9.59 Å². The van der Waals surface area contributed by atoms with Gasteiger partial charge in [0, 0.05) is 27.5 Å². The van der Waals surface area contributed by atoms with E-state index in [4.69, 9.17) is 4.74 Å². The quantitative estimate of drug-likeness (QED) is 0.548. The molecule has 104 valence electrons. The standard InChI is InChI=1S/C17H6O5/c18-14-6-1-3-8-13-9(17(21)22-16(8)20)4-2-7(12(6)13)15(19)11-5-10(11)14/h1-5,10H. The third kappa shape index (κ3) is 1.16. The lowest BCUT2D eigenvalue weighted by Crippen LogP contribution is -2.20. The Hall–Kier alpha value is -3.08. The lowest BCUT2D eigenvalue weighted by atomic mass is 9.89. The van der Waals surface area contributed by atoms with Gasteiger partial charge in [0.05, 0.1) is 17.0 Å². The van der Waals surface area contributed by atoms with Crippen LogP contribution in [0.4, 0.5) is 0 Å². The fourth-order valence-corrected chi connectivity index (χ4v) is 3.31. The molecule has 0 N–H and O–H groups in total. The van der Waals surface area contributed by atoms with Crippen LogP contribution in [-0.4, -0.2) is 23.5 Å². The molecule has 0 fully saturated rings. The number of hydrogen-bond acceptors (Lipinski definition) is 5. The molecule has 1 aliphatic heterocycles. The average Bonchev–Trinajstić information content (AvgIpc) is 3.30. The molecule has 0 saturated heterocycles. The summed E-state index contributed by atoms with van der Waals surface area (Å²) in [5.74, 6) is -2.36. The Morgan fingerprint density at radius 3 is 1.95 bits per heavy atom. The van der Waals surface area contributed by atoms with Crippen molar-refractivity contribution in [2.24, 2.45) is 5.92 Å². The van der Waals surface area contributed by atoms with Crippen molar-refractivity contribution in [1.82, 2.24) is 0 Å². The molecule has 2 aromatic carbocycles. The number of esters is 2. The highest BCUT2D eigenvalue weighted by atomic mass is 16.6. The molecule has 5 nitrogen and oxygen atoms in total. The SMILES string of the molecule is O=C1OC(=O)c2ccc3c4c(ccc1c24)C(=O)C1=CC1C3=O. The highest BCUT2D eigenvalue weighted by Gasteiger charge is 2.43. The summed E-state index contributed by atoms with van der Waals surface area (Å²) in [6.45, 7) is 0. The van der Waals surface area contributed by atoms with E-state index in [-0.39, 0.29) is 22.7 Å². The minimum Gasteiger partial charge on any atom is -0.386 e. The largest absolute Gasteiger partial charge is 0.386 e. The van der Waals surface area contributed by atoms with Crippen molar-refractivity contribution in [2.45, 2.75) is 0 Å². The Morgan fingerprint density at radius 1 is 0.727 bits per heavy atom. The monoisotopic (exact) mass is 290 g/mol. The van der Waals surface area contributed by atoms with Crippen LogP contribution in [0.1, 0.15) is 41.4 Å². The summed E-state index contributed by atoms with van der Waals surface area (Å²) in [6, 6.07) is 6.02. The van der Waals surface area contributed by atoms with E-state index in [1.165, 1.54) is 24.3 Å².